The van der Waals surface area contributed by atoms with Gasteiger partial charge in [0.25, 0.3) is 5.91 Å². The fourth-order valence-electron chi connectivity index (χ4n) is 2.75. The summed E-state index contributed by atoms with van der Waals surface area (Å²) in [6.45, 7) is 2.26. The molecule has 1 aromatic carbocycles. The molecule has 106 valence electrons. The maximum Gasteiger partial charge on any atom is 0.256 e. The number of para-hydroxylation sites is 1. The van der Waals surface area contributed by atoms with Crippen LogP contribution in [-0.2, 0) is 12.8 Å². The minimum absolute atomic E-state index is 0.107. The maximum atomic E-state index is 12.5. The summed E-state index contributed by atoms with van der Waals surface area (Å²) in [5.41, 5.74) is 3.04. The van der Waals surface area contributed by atoms with E-state index in [4.69, 9.17) is 5.26 Å². The molecule has 1 N–H and O–H groups in total. The molecule has 0 aliphatic heterocycles. The first-order valence-corrected chi connectivity index (χ1v) is 7.96. The van der Waals surface area contributed by atoms with Crippen LogP contribution in [0.4, 0.5) is 5.69 Å². The minimum Gasteiger partial charge on any atom is -0.321 e. The van der Waals surface area contributed by atoms with E-state index in [1.165, 1.54) is 10.4 Å². The number of rotatable bonds is 2. The second-order valence-electron chi connectivity index (χ2n) is 5.51. The van der Waals surface area contributed by atoms with Crippen LogP contribution in [-0.4, -0.2) is 5.91 Å². The van der Waals surface area contributed by atoms with Crippen LogP contribution >= 0.6 is 11.3 Å². The summed E-state index contributed by atoms with van der Waals surface area (Å²) in [6.07, 6.45) is 3.18. The molecule has 1 amide bonds. The van der Waals surface area contributed by atoms with Gasteiger partial charge in [-0.15, -0.1) is 11.3 Å². The summed E-state index contributed by atoms with van der Waals surface area (Å²) in [7, 11) is 0. The van der Waals surface area contributed by atoms with Crippen LogP contribution in [0.2, 0.25) is 0 Å². The summed E-state index contributed by atoms with van der Waals surface area (Å²) in [4.78, 5) is 13.8. The number of amides is 1. The molecule has 1 aliphatic carbocycles. The average molecular weight is 296 g/mol. The zero-order chi connectivity index (χ0) is 14.8. The normalized spacial score (nSPS) is 16.9. The van der Waals surface area contributed by atoms with Gasteiger partial charge in [-0.25, -0.2) is 0 Å². The van der Waals surface area contributed by atoms with E-state index in [1.807, 2.05) is 11.4 Å². The van der Waals surface area contributed by atoms with Crippen LogP contribution in [0.1, 0.15) is 39.7 Å². The van der Waals surface area contributed by atoms with Crippen molar-refractivity contribution in [1.29, 1.82) is 5.26 Å². The van der Waals surface area contributed by atoms with E-state index in [1.54, 1.807) is 29.5 Å². The lowest BCUT2D eigenvalue weighted by atomic mass is 9.88. The Hall–Kier alpha value is -2.12. The van der Waals surface area contributed by atoms with Crippen LogP contribution in [0.15, 0.2) is 29.6 Å². The Morgan fingerprint density at radius 3 is 3.05 bits per heavy atom. The molecule has 21 heavy (non-hydrogen) atoms. The number of thiophene rings is 1. The molecule has 0 saturated heterocycles. The van der Waals surface area contributed by atoms with Crippen LogP contribution in [0.5, 0.6) is 0 Å². The first-order chi connectivity index (χ1) is 10.2. The molecular weight excluding hydrogens is 280 g/mol. The van der Waals surface area contributed by atoms with Gasteiger partial charge in [0.15, 0.2) is 0 Å². The highest BCUT2D eigenvalue weighted by Gasteiger charge is 2.23. The lowest BCUT2D eigenvalue weighted by molar-refractivity contribution is 0.102. The van der Waals surface area contributed by atoms with Gasteiger partial charge < -0.3 is 5.32 Å². The van der Waals surface area contributed by atoms with Gasteiger partial charge >= 0.3 is 0 Å². The average Bonchev–Trinajstić information content (AvgIpc) is 2.90. The van der Waals surface area contributed by atoms with Crippen LogP contribution < -0.4 is 5.32 Å². The van der Waals surface area contributed by atoms with E-state index in [-0.39, 0.29) is 5.91 Å². The van der Waals surface area contributed by atoms with E-state index in [2.05, 4.69) is 18.3 Å². The Morgan fingerprint density at radius 2 is 2.24 bits per heavy atom. The first kappa shape index (κ1) is 13.8. The molecule has 1 aliphatic rings. The van der Waals surface area contributed by atoms with Crippen molar-refractivity contribution in [2.75, 3.05) is 5.32 Å². The Morgan fingerprint density at radius 1 is 1.43 bits per heavy atom. The van der Waals surface area contributed by atoms with E-state index in [9.17, 15) is 4.79 Å². The second-order valence-corrected chi connectivity index (χ2v) is 6.47. The molecule has 0 bridgehead atoms. The zero-order valence-corrected chi connectivity index (χ0v) is 12.7. The van der Waals surface area contributed by atoms with Gasteiger partial charge in [-0.05, 0) is 42.9 Å². The highest BCUT2D eigenvalue weighted by molar-refractivity contribution is 7.10. The number of fused-ring (bicyclic) bond motifs is 1. The summed E-state index contributed by atoms with van der Waals surface area (Å²) in [5, 5.41) is 13.9. The number of benzene rings is 1. The fraction of sp³-hybridized carbons (Fsp3) is 0.294. The van der Waals surface area contributed by atoms with Crippen molar-refractivity contribution >= 4 is 22.9 Å². The van der Waals surface area contributed by atoms with Crippen molar-refractivity contribution < 1.29 is 4.79 Å². The molecule has 0 fully saturated rings. The smallest absolute Gasteiger partial charge is 0.256 e. The molecule has 0 saturated carbocycles. The largest absolute Gasteiger partial charge is 0.321 e. The standard InChI is InChI=1S/C17H16N2OS/c1-11-6-7-13-14(10-21-16(13)8-11)17(20)19-15-5-3-2-4-12(15)9-18/h2-5,10-11H,6-8H2,1H3,(H,19,20)/t11-/m1/s1. The third-order valence-electron chi connectivity index (χ3n) is 3.94. The number of nitrogens with zero attached hydrogens (tertiary/aromatic N) is 1. The number of anilines is 1. The Labute approximate surface area is 128 Å². The number of nitriles is 1. The molecule has 0 radical (unpaired) electrons. The van der Waals surface area contributed by atoms with Crippen LogP contribution in [0, 0.1) is 17.2 Å². The minimum atomic E-state index is -0.107. The highest BCUT2D eigenvalue weighted by Crippen LogP contribution is 2.33. The summed E-state index contributed by atoms with van der Waals surface area (Å²) in [6, 6.07) is 9.19. The van der Waals surface area contributed by atoms with E-state index >= 15 is 0 Å². The number of nitrogens with one attached hydrogen (secondary N) is 1. The Kier molecular flexibility index (Phi) is 3.76. The van der Waals surface area contributed by atoms with Crippen molar-refractivity contribution in [3.05, 3.63) is 51.2 Å². The zero-order valence-electron chi connectivity index (χ0n) is 11.8. The van der Waals surface area contributed by atoms with Crippen LogP contribution in [0.25, 0.3) is 0 Å². The summed E-state index contributed by atoms with van der Waals surface area (Å²) < 4.78 is 0. The van der Waals surface area contributed by atoms with Gasteiger partial charge in [0, 0.05) is 10.3 Å². The molecular formula is C17H16N2OS. The van der Waals surface area contributed by atoms with Gasteiger partial charge in [-0.3, -0.25) is 4.79 Å². The lowest BCUT2D eigenvalue weighted by Gasteiger charge is -2.18. The predicted molar refractivity (Wildman–Crippen MR) is 84.6 cm³/mol. The van der Waals surface area contributed by atoms with Crippen molar-refractivity contribution in [3.8, 4) is 6.07 Å². The molecule has 0 spiro atoms. The molecule has 0 unspecified atom stereocenters. The van der Waals surface area contributed by atoms with Gasteiger partial charge in [0.2, 0.25) is 0 Å². The second kappa shape index (κ2) is 5.71. The van der Waals surface area contributed by atoms with Crippen molar-refractivity contribution in [2.24, 2.45) is 5.92 Å². The fourth-order valence-corrected chi connectivity index (χ4v) is 3.99. The van der Waals surface area contributed by atoms with Crippen molar-refractivity contribution in [3.63, 3.8) is 0 Å². The Balaban J connectivity index is 1.85. The SMILES string of the molecule is C[C@@H]1CCc2c(C(=O)Nc3ccccc3C#N)csc2C1. The number of hydrogen-bond acceptors (Lipinski definition) is 3. The van der Waals surface area contributed by atoms with Gasteiger partial charge in [-0.1, -0.05) is 19.1 Å². The van der Waals surface area contributed by atoms with Gasteiger partial charge in [0.1, 0.15) is 6.07 Å². The van der Waals surface area contributed by atoms with E-state index in [0.29, 0.717) is 17.2 Å². The van der Waals surface area contributed by atoms with Crippen molar-refractivity contribution in [2.45, 2.75) is 26.2 Å². The third kappa shape index (κ3) is 2.70. The topological polar surface area (TPSA) is 52.9 Å². The predicted octanol–water partition coefficient (Wildman–Crippen LogP) is 4.00. The van der Waals surface area contributed by atoms with Crippen molar-refractivity contribution in [1.82, 2.24) is 0 Å². The highest BCUT2D eigenvalue weighted by atomic mass is 32.1. The summed E-state index contributed by atoms with van der Waals surface area (Å²) >= 11 is 1.68. The van der Waals surface area contributed by atoms with E-state index < -0.39 is 0 Å². The van der Waals surface area contributed by atoms with Gasteiger partial charge in [0.05, 0.1) is 16.8 Å². The molecule has 3 nitrogen and oxygen atoms in total. The molecule has 1 atom stereocenters. The molecule has 4 heteroatoms. The lowest BCUT2D eigenvalue weighted by Crippen LogP contribution is -2.17. The number of hydrogen-bond donors (Lipinski definition) is 1. The molecule has 1 aromatic heterocycles. The first-order valence-electron chi connectivity index (χ1n) is 7.08. The molecule has 3 rings (SSSR count). The van der Waals surface area contributed by atoms with E-state index in [0.717, 1.165) is 24.8 Å². The quantitative estimate of drug-likeness (QED) is 0.910. The van der Waals surface area contributed by atoms with Gasteiger partial charge in [-0.2, -0.15) is 5.26 Å². The monoisotopic (exact) mass is 296 g/mol. The molecule has 1 heterocycles. The summed E-state index contributed by atoms with van der Waals surface area (Å²) in [5.74, 6) is 0.594. The van der Waals surface area contributed by atoms with Crippen LogP contribution in [0.3, 0.4) is 0 Å². The third-order valence-corrected chi connectivity index (χ3v) is 4.99. The number of carbonyl (C=O) groups excluding carboxylic acids is 1. The maximum absolute atomic E-state index is 12.5. The molecule has 2 aromatic rings. The number of carbonyl (C=O) groups is 1. The Bertz CT molecular complexity index is 727.